The highest BCUT2D eigenvalue weighted by molar-refractivity contribution is 7.47. The third-order valence-corrected chi connectivity index (χ3v) is 9.86. The predicted octanol–water partition coefficient (Wildman–Crippen LogP) is 12.1. The molecule has 0 saturated carbocycles. The Balaban J connectivity index is 3.90. The van der Waals surface area contributed by atoms with Gasteiger partial charge >= 0.3 is 13.8 Å². The van der Waals surface area contributed by atoms with E-state index in [1.807, 2.05) is 0 Å². The summed E-state index contributed by atoms with van der Waals surface area (Å²) < 4.78 is 33.2. The van der Waals surface area contributed by atoms with Crippen LogP contribution in [0.15, 0.2) is 24.3 Å². The fraction of sp³-hybridized carbons (Fsp3) is 0.878. The second-order valence-electron chi connectivity index (χ2n) is 13.9. The summed E-state index contributed by atoms with van der Waals surface area (Å²) in [6.07, 6.45) is 42.0. The van der Waals surface area contributed by atoms with Crippen molar-refractivity contribution in [2.45, 2.75) is 200 Å². The Hall–Kier alpha value is -1.02. The number of phosphoric acid groups is 1. The van der Waals surface area contributed by atoms with Gasteiger partial charge in [-0.1, -0.05) is 167 Å². The van der Waals surface area contributed by atoms with E-state index in [0.29, 0.717) is 13.0 Å². The number of esters is 1. The van der Waals surface area contributed by atoms with Crippen LogP contribution in [0.25, 0.3) is 0 Å². The molecule has 0 aromatic carbocycles. The number of carbonyl (C=O) groups is 1. The van der Waals surface area contributed by atoms with Crippen molar-refractivity contribution in [2.75, 3.05) is 33.0 Å². The number of ether oxygens (including phenoxy) is 2. The molecule has 50 heavy (non-hydrogen) atoms. The van der Waals surface area contributed by atoms with Crippen LogP contribution in [0, 0.1) is 0 Å². The van der Waals surface area contributed by atoms with E-state index in [4.69, 9.17) is 24.3 Å². The molecule has 0 radical (unpaired) electrons. The van der Waals surface area contributed by atoms with Crippen LogP contribution < -0.4 is 5.73 Å². The molecule has 8 nitrogen and oxygen atoms in total. The van der Waals surface area contributed by atoms with Crippen LogP contribution in [-0.4, -0.2) is 49.9 Å². The van der Waals surface area contributed by atoms with E-state index < -0.39 is 13.9 Å². The van der Waals surface area contributed by atoms with E-state index in [9.17, 15) is 14.3 Å². The zero-order valence-electron chi connectivity index (χ0n) is 32.6. The van der Waals surface area contributed by atoms with Gasteiger partial charge in [0.1, 0.15) is 6.10 Å². The highest BCUT2D eigenvalue weighted by Gasteiger charge is 2.25. The smallest absolute Gasteiger partial charge is 0.457 e. The molecule has 0 rings (SSSR count). The molecule has 0 aliphatic heterocycles. The van der Waals surface area contributed by atoms with Gasteiger partial charge in [-0.15, -0.1) is 0 Å². The number of hydrogen-bond donors (Lipinski definition) is 2. The van der Waals surface area contributed by atoms with E-state index in [1.54, 1.807) is 0 Å². The van der Waals surface area contributed by atoms with E-state index in [-0.39, 0.29) is 32.3 Å². The summed E-state index contributed by atoms with van der Waals surface area (Å²) in [5.41, 5.74) is 5.35. The first-order valence-electron chi connectivity index (χ1n) is 20.8. The number of unbranched alkanes of at least 4 members (excludes halogenated alkanes) is 23. The van der Waals surface area contributed by atoms with Gasteiger partial charge in [-0.05, 0) is 44.9 Å². The highest BCUT2D eigenvalue weighted by Crippen LogP contribution is 2.43. The molecule has 296 valence electrons. The topological polar surface area (TPSA) is 117 Å². The Morgan fingerprint density at radius 3 is 1.56 bits per heavy atom. The second kappa shape index (κ2) is 39.2. The zero-order valence-corrected chi connectivity index (χ0v) is 33.5. The van der Waals surface area contributed by atoms with Gasteiger partial charge in [0.25, 0.3) is 0 Å². The lowest BCUT2D eigenvalue weighted by Gasteiger charge is -2.20. The lowest BCUT2D eigenvalue weighted by Crippen LogP contribution is -2.28. The van der Waals surface area contributed by atoms with Gasteiger partial charge in [0, 0.05) is 19.6 Å². The number of carbonyl (C=O) groups excluding carboxylic acids is 1. The first-order chi connectivity index (χ1) is 24.4. The molecular formula is C41H80NO7P. The Bertz CT molecular complexity index is 823. The number of phosphoric ester groups is 1. The average molecular weight is 730 g/mol. The van der Waals surface area contributed by atoms with Crippen LogP contribution >= 0.6 is 7.82 Å². The Labute approximate surface area is 308 Å². The maximum absolute atomic E-state index is 12.5. The van der Waals surface area contributed by atoms with Crippen molar-refractivity contribution in [2.24, 2.45) is 5.73 Å². The van der Waals surface area contributed by atoms with Crippen molar-refractivity contribution >= 4 is 13.8 Å². The standard InChI is InChI=1S/C41H80NO7P/c1-3-5-7-9-11-13-14-15-16-17-18-19-20-21-22-23-24-25-26-27-28-30-32-34-41(43)49-40(39-48-50(44,45)47-37-35-42)38-46-36-33-31-29-12-10-8-6-4-2/h14-15,17-18,40H,3-13,16,19-39,42H2,1-2H3,(H,44,45)/b15-14-,18-17-. The van der Waals surface area contributed by atoms with Crippen LogP contribution in [-0.2, 0) is 27.9 Å². The largest absolute Gasteiger partial charge is 0.472 e. The lowest BCUT2D eigenvalue weighted by molar-refractivity contribution is -0.154. The molecule has 0 heterocycles. The SMILES string of the molecule is CCCCCCC/C=C\C/C=C\CCCCCCCCCCCCCC(=O)OC(COCCCCCCCCCC)COP(=O)(O)OCCN. The molecule has 0 bridgehead atoms. The molecule has 0 amide bonds. The molecular weight excluding hydrogens is 649 g/mol. The first kappa shape index (κ1) is 49.0. The Kier molecular flexibility index (Phi) is 38.4. The third kappa shape index (κ3) is 38.2. The number of hydrogen-bond acceptors (Lipinski definition) is 7. The molecule has 0 aliphatic carbocycles. The Morgan fingerprint density at radius 1 is 0.600 bits per heavy atom. The van der Waals surface area contributed by atoms with Gasteiger partial charge in [-0.2, -0.15) is 0 Å². The summed E-state index contributed by atoms with van der Waals surface area (Å²) in [7, 11) is -4.26. The molecule has 0 aromatic rings. The zero-order chi connectivity index (χ0) is 36.6. The van der Waals surface area contributed by atoms with Crippen molar-refractivity contribution in [1.82, 2.24) is 0 Å². The molecule has 0 fully saturated rings. The lowest BCUT2D eigenvalue weighted by atomic mass is 10.0. The summed E-state index contributed by atoms with van der Waals surface area (Å²) in [5.74, 6) is -0.333. The fourth-order valence-corrected chi connectivity index (χ4v) is 6.56. The van der Waals surface area contributed by atoms with E-state index >= 15 is 0 Å². The number of nitrogens with two attached hydrogens (primary N) is 1. The van der Waals surface area contributed by atoms with Gasteiger partial charge in [0.2, 0.25) is 0 Å². The second-order valence-corrected chi connectivity index (χ2v) is 15.3. The molecule has 0 aromatic heterocycles. The van der Waals surface area contributed by atoms with Crippen LogP contribution in [0.2, 0.25) is 0 Å². The summed E-state index contributed by atoms with van der Waals surface area (Å²) in [6, 6.07) is 0. The molecule has 0 aliphatic rings. The van der Waals surface area contributed by atoms with Crippen molar-refractivity contribution < 1.29 is 32.8 Å². The van der Waals surface area contributed by atoms with E-state index in [2.05, 4.69) is 38.2 Å². The van der Waals surface area contributed by atoms with Crippen LogP contribution in [0.4, 0.5) is 0 Å². The molecule has 9 heteroatoms. The Morgan fingerprint density at radius 2 is 1.06 bits per heavy atom. The van der Waals surface area contributed by atoms with Crippen LogP contribution in [0.3, 0.4) is 0 Å². The summed E-state index contributed by atoms with van der Waals surface area (Å²) in [6.45, 7) is 4.90. The quantitative estimate of drug-likeness (QED) is 0.0277. The van der Waals surface area contributed by atoms with Crippen molar-refractivity contribution in [3.8, 4) is 0 Å². The summed E-state index contributed by atoms with van der Waals surface area (Å²) in [5, 5.41) is 0. The molecule has 2 unspecified atom stereocenters. The van der Waals surface area contributed by atoms with Gasteiger partial charge in [-0.25, -0.2) is 4.57 Å². The molecule has 2 atom stereocenters. The van der Waals surface area contributed by atoms with Gasteiger partial charge in [-0.3, -0.25) is 13.8 Å². The minimum absolute atomic E-state index is 0.0941. The summed E-state index contributed by atoms with van der Waals surface area (Å²) >= 11 is 0. The maximum Gasteiger partial charge on any atom is 0.472 e. The summed E-state index contributed by atoms with van der Waals surface area (Å²) in [4.78, 5) is 22.4. The average Bonchev–Trinajstić information content (AvgIpc) is 3.10. The van der Waals surface area contributed by atoms with Gasteiger partial charge < -0.3 is 20.1 Å². The normalized spacial score (nSPS) is 13.8. The maximum atomic E-state index is 12.5. The molecule has 0 saturated heterocycles. The van der Waals surface area contributed by atoms with Gasteiger partial charge in [0.15, 0.2) is 0 Å². The van der Waals surface area contributed by atoms with Crippen LogP contribution in [0.5, 0.6) is 0 Å². The molecule has 0 spiro atoms. The molecule has 3 N–H and O–H groups in total. The van der Waals surface area contributed by atoms with Crippen LogP contribution in [0.1, 0.15) is 194 Å². The minimum atomic E-state index is -4.26. The van der Waals surface area contributed by atoms with Crippen molar-refractivity contribution in [3.05, 3.63) is 24.3 Å². The van der Waals surface area contributed by atoms with Crippen molar-refractivity contribution in [3.63, 3.8) is 0 Å². The monoisotopic (exact) mass is 730 g/mol. The minimum Gasteiger partial charge on any atom is -0.457 e. The van der Waals surface area contributed by atoms with E-state index in [0.717, 1.165) is 38.5 Å². The fourth-order valence-electron chi connectivity index (χ4n) is 5.79. The van der Waals surface area contributed by atoms with Crippen molar-refractivity contribution in [1.29, 1.82) is 0 Å². The van der Waals surface area contributed by atoms with E-state index in [1.165, 1.54) is 135 Å². The van der Waals surface area contributed by atoms with Gasteiger partial charge in [0.05, 0.1) is 19.8 Å². The highest BCUT2D eigenvalue weighted by atomic mass is 31.2. The first-order valence-corrected chi connectivity index (χ1v) is 22.3. The number of allylic oxidation sites excluding steroid dienone is 4. The predicted molar refractivity (Wildman–Crippen MR) is 210 cm³/mol. The third-order valence-electron chi connectivity index (χ3n) is 8.87. The number of rotatable bonds is 40.